The molecule has 19 heavy (non-hydrogen) atoms. The number of thiophene rings is 1. The molecule has 2 aromatic heterocycles. The van der Waals surface area contributed by atoms with Gasteiger partial charge in [0, 0.05) is 0 Å². The molecule has 0 aliphatic carbocycles. The molecule has 0 aliphatic heterocycles. The summed E-state index contributed by atoms with van der Waals surface area (Å²) < 4.78 is 0. The van der Waals surface area contributed by atoms with E-state index in [9.17, 15) is 4.79 Å². The van der Waals surface area contributed by atoms with Crippen molar-refractivity contribution in [3.05, 3.63) is 16.8 Å². The zero-order chi connectivity index (χ0) is 14.0. The second-order valence-electron chi connectivity index (χ2n) is 4.04. The van der Waals surface area contributed by atoms with Crippen LogP contribution in [0.1, 0.15) is 28.6 Å². The number of hydrogen-bond acceptors (Lipinski definition) is 5. The Hall–Kier alpha value is -2.13. The first-order valence-electron chi connectivity index (χ1n) is 5.78. The average molecular weight is 275 g/mol. The van der Waals surface area contributed by atoms with Gasteiger partial charge in [-0.3, -0.25) is 0 Å². The molecule has 0 bridgehead atoms. The maximum Gasteiger partial charge on any atom is 0.346 e. The Balaban J connectivity index is 2.57. The van der Waals surface area contributed by atoms with Gasteiger partial charge < -0.3 is 10.4 Å². The Labute approximate surface area is 114 Å². The fourth-order valence-electron chi connectivity index (χ4n) is 1.81. The molecule has 2 rings (SSSR count). The molecule has 0 fully saturated rings. The van der Waals surface area contributed by atoms with Gasteiger partial charge in [0.1, 0.15) is 21.9 Å². The fourth-order valence-corrected chi connectivity index (χ4v) is 2.80. The molecule has 0 saturated heterocycles. The first-order chi connectivity index (χ1) is 9.08. The number of anilines is 1. The van der Waals surface area contributed by atoms with E-state index in [-0.39, 0.29) is 10.9 Å². The molecule has 98 valence electrons. The van der Waals surface area contributed by atoms with Crippen molar-refractivity contribution in [2.45, 2.75) is 26.3 Å². The summed E-state index contributed by atoms with van der Waals surface area (Å²) in [5.41, 5.74) is 0.669. The third-order valence-electron chi connectivity index (χ3n) is 2.84. The van der Waals surface area contributed by atoms with Crippen LogP contribution in [-0.4, -0.2) is 27.1 Å². The number of carboxylic acids is 1. The number of carbonyl (C=O) groups is 1. The van der Waals surface area contributed by atoms with E-state index in [1.165, 1.54) is 6.33 Å². The highest BCUT2D eigenvalue weighted by atomic mass is 32.1. The number of aromatic nitrogens is 2. The molecule has 0 saturated carbocycles. The van der Waals surface area contributed by atoms with E-state index in [0.717, 1.165) is 23.1 Å². The maximum atomic E-state index is 11.1. The molecule has 2 N–H and O–H groups in total. The van der Waals surface area contributed by atoms with Crippen LogP contribution in [0, 0.1) is 19.3 Å². The first-order valence-corrected chi connectivity index (χ1v) is 6.60. The maximum absolute atomic E-state index is 11.1. The molecule has 1 atom stereocenters. The molecule has 0 amide bonds. The summed E-state index contributed by atoms with van der Waals surface area (Å²) in [5.74, 6) is 2.27. The highest BCUT2D eigenvalue weighted by Crippen LogP contribution is 2.33. The van der Waals surface area contributed by atoms with Crippen molar-refractivity contribution in [2.75, 3.05) is 5.32 Å². The molecule has 2 aromatic rings. The fraction of sp³-hybridized carbons (Fsp3) is 0.308. The van der Waals surface area contributed by atoms with Gasteiger partial charge in [-0.2, -0.15) is 0 Å². The first kappa shape index (κ1) is 13.3. The molecular formula is C13H13N3O2S. The molecule has 0 aromatic carbocycles. The summed E-state index contributed by atoms with van der Waals surface area (Å²) in [6.45, 7) is 3.73. The number of carboxylic acid groups (broad SMARTS) is 1. The SMILES string of the molecule is C#CC(CC)Nc1ncnc2sc(C(=O)O)c(C)c12. The smallest absolute Gasteiger partial charge is 0.346 e. The van der Waals surface area contributed by atoms with Crippen molar-refractivity contribution in [1.82, 2.24) is 9.97 Å². The predicted octanol–water partition coefficient (Wildman–Crippen LogP) is 2.52. The monoisotopic (exact) mass is 275 g/mol. The number of terminal acetylenes is 1. The largest absolute Gasteiger partial charge is 0.477 e. The normalized spacial score (nSPS) is 12.1. The number of fused-ring (bicyclic) bond motifs is 1. The van der Waals surface area contributed by atoms with E-state index in [0.29, 0.717) is 16.2 Å². The lowest BCUT2D eigenvalue weighted by Crippen LogP contribution is -2.16. The lowest BCUT2D eigenvalue weighted by atomic mass is 10.2. The topological polar surface area (TPSA) is 75.1 Å². The highest BCUT2D eigenvalue weighted by Gasteiger charge is 2.19. The highest BCUT2D eigenvalue weighted by molar-refractivity contribution is 7.20. The summed E-state index contributed by atoms with van der Waals surface area (Å²) in [6, 6.07) is -0.134. The van der Waals surface area contributed by atoms with Crippen molar-refractivity contribution < 1.29 is 9.90 Å². The summed E-state index contributed by atoms with van der Waals surface area (Å²) in [4.78, 5) is 20.4. The molecule has 5 nitrogen and oxygen atoms in total. The molecular weight excluding hydrogens is 262 g/mol. The van der Waals surface area contributed by atoms with Crippen LogP contribution < -0.4 is 5.32 Å². The van der Waals surface area contributed by atoms with E-state index >= 15 is 0 Å². The van der Waals surface area contributed by atoms with Crippen molar-refractivity contribution >= 4 is 33.3 Å². The third kappa shape index (κ3) is 2.37. The van der Waals surface area contributed by atoms with E-state index in [1.807, 2.05) is 6.92 Å². The van der Waals surface area contributed by atoms with Gasteiger partial charge in [0.25, 0.3) is 0 Å². The summed E-state index contributed by atoms with van der Waals surface area (Å²) in [7, 11) is 0. The third-order valence-corrected chi connectivity index (χ3v) is 4.03. The van der Waals surface area contributed by atoms with Gasteiger partial charge in [0.15, 0.2) is 0 Å². The number of nitrogens with zero attached hydrogens (tertiary/aromatic N) is 2. The number of nitrogens with one attached hydrogen (secondary N) is 1. The number of rotatable bonds is 4. The van der Waals surface area contributed by atoms with Gasteiger partial charge in [-0.05, 0) is 18.9 Å². The van der Waals surface area contributed by atoms with Gasteiger partial charge in [0.05, 0.1) is 11.4 Å². The van der Waals surface area contributed by atoms with E-state index in [2.05, 4.69) is 21.2 Å². The Bertz CT molecular complexity index is 672. The Kier molecular flexibility index (Phi) is 3.67. The van der Waals surface area contributed by atoms with Gasteiger partial charge in [0.2, 0.25) is 0 Å². The van der Waals surface area contributed by atoms with Crippen LogP contribution in [0.2, 0.25) is 0 Å². The molecule has 0 spiro atoms. The van der Waals surface area contributed by atoms with E-state index in [1.54, 1.807) is 6.92 Å². The van der Waals surface area contributed by atoms with Crippen molar-refractivity contribution in [1.29, 1.82) is 0 Å². The second-order valence-corrected chi connectivity index (χ2v) is 5.03. The molecule has 1 unspecified atom stereocenters. The van der Waals surface area contributed by atoms with E-state index < -0.39 is 5.97 Å². The van der Waals surface area contributed by atoms with Crippen LogP contribution in [0.4, 0.5) is 5.82 Å². The van der Waals surface area contributed by atoms with Crippen LogP contribution in [0.3, 0.4) is 0 Å². The van der Waals surface area contributed by atoms with Crippen LogP contribution >= 0.6 is 11.3 Å². The van der Waals surface area contributed by atoms with Crippen molar-refractivity contribution in [2.24, 2.45) is 0 Å². The standard InChI is InChI=1S/C13H13N3O2S/c1-4-8(5-2)16-11-9-7(3)10(13(17)18)19-12(9)15-6-14-11/h1,6,8H,5H2,2-3H3,(H,17,18)(H,14,15,16). The van der Waals surface area contributed by atoms with Gasteiger partial charge in [-0.15, -0.1) is 17.8 Å². The Morgan fingerprint density at radius 1 is 1.63 bits per heavy atom. The minimum absolute atomic E-state index is 0.134. The molecule has 6 heteroatoms. The minimum atomic E-state index is -0.949. The minimum Gasteiger partial charge on any atom is -0.477 e. The van der Waals surface area contributed by atoms with Crippen LogP contribution in [0.5, 0.6) is 0 Å². The zero-order valence-electron chi connectivity index (χ0n) is 10.6. The van der Waals surface area contributed by atoms with Crippen molar-refractivity contribution in [3.8, 4) is 12.3 Å². The van der Waals surface area contributed by atoms with Crippen LogP contribution in [0.25, 0.3) is 10.2 Å². The molecule has 0 aliphatic rings. The van der Waals surface area contributed by atoms with E-state index in [4.69, 9.17) is 11.5 Å². The Morgan fingerprint density at radius 3 is 2.95 bits per heavy atom. The van der Waals surface area contributed by atoms with Crippen LogP contribution in [0.15, 0.2) is 6.33 Å². The summed E-state index contributed by atoms with van der Waals surface area (Å²) in [5, 5.41) is 13.0. The van der Waals surface area contributed by atoms with Gasteiger partial charge in [-0.1, -0.05) is 12.8 Å². The second kappa shape index (κ2) is 5.24. The van der Waals surface area contributed by atoms with Crippen LogP contribution in [-0.2, 0) is 0 Å². The Morgan fingerprint density at radius 2 is 2.37 bits per heavy atom. The predicted molar refractivity (Wildman–Crippen MR) is 75.6 cm³/mol. The lowest BCUT2D eigenvalue weighted by Gasteiger charge is -2.12. The lowest BCUT2D eigenvalue weighted by molar-refractivity contribution is 0.0701. The number of hydrogen-bond donors (Lipinski definition) is 2. The van der Waals surface area contributed by atoms with Gasteiger partial charge in [-0.25, -0.2) is 14.8 Å². The average Bonchev–Trinajstić information content (AvgIpc) is 2.74. The molecule has 2 heterocycles. The number of aryl methyl sites for hydroxylation is 1. The number of aromatic carboxylic acids is 1. The molecule has 0 radical (unpaired) electrons. The summed E-state index contributed by atoms with van der Waals surface area (Å²) >= 11 is 1.15. The summed E-state index contributed by atoms with van der Waals surface area (Å²) in [6.07, 6.45) is 7.59. The quantitative estimate of drug-likeness (QED) is 0.839. The van der Waals surface area contributed by atoms with Crippen molar-refractivity contribution in [3.63, 3.8) is 0 Å². The van der Waals surface area contributed by atoms with Gasteiger partial charge >= 0.3 is 5.97 Å². The zero-order valence-corrected chi connectivity index (χ0v) is 11.4.